The molecule has 0 aliphatic heterocycles. The van der Waals surface area contributed by atoms with E-state index in [9.17, 15) is 9.59 Å². The van der Waals surface area contributed by atoms with Gasteiger partial charge < -0.3 is 0 Å². The van der Waals surface area contributed by atoms with Crippen LogP contribution in [0.1, 0.15) is 38.2 Å². The van der Waals surface area contributed by atoms with Gasteiger partial charge in [-0.25, -0.2) is 0 Å². The Labute approximate surface area is 134 Å². The van der Waals surface area contributed by atoms with Crippen LogP contribution in [0.2, 0.25) is 0 Å². The van der Waals surface area contributed by atoms with Crippen molar-refractivity contribution in [3.05, 3.63) is 56.8 Å². The summed E-state index contributed by atoms with van der Waals surface area (Å²) >= 11 is 1.46. The zero-order chi connectivity index (χ0) is 16.1. The Hall–Kier alpha value is -2.14. The van der Waals surface area contributed by atoms with E-state index in [1.54, 1.807) is 0 Å². The Morgan fingerprint density at radius 1 is 1.09 bits per heavy atom. The van der Waals surface area contributed by atoms with Crippen LogP contribution in [0.15, 0.2) is 30.3 Å². The molecule has 0 spiro atoms. The van der Waals surface area contributed by atoms with Gasteiger partial charge in [0, 0.05) is 4.88 Å². The molecule has 2 rings (SSSR count). The SMILES string of the molecule is CCc1sc(C(=O)NNC(=O)Cc2ccccc2C)cc1C. The van der Waals surface area contributed by atoms with Crippen LogP contribution in [-0.2, 0) is 17.6 Å². The van der Waals surface area contributed by atoms with E-state index in [0.717, 1.165) is 23.1 Å². The molecule has 0 saturated heterocycles. The molecule has 5 heteroatoms. The van der Waals surface area contributed by atoms with Gasteiger partial charge in [0.2, 0.25) is 5.91 Å². The van der Waals surface area contributed by atoms with Gasteiger partial charge in [0.15, 0.2) is 0 Å². The fourth-order valence-electron chi connectivity index (χ4n) is 2.20. The van der Waals surface area contributed by atoms with E-state index in [1.165, 1.54) is 16.2 Å². The Morgan fingerprint density at radius 2 is 1.82 bits per heavy atom. The molecular formula is C17H20N2O2S. The summed E-state index contributed by atoms with van der Waals surface area (Å²) in [5, 5.41) is 0. The quantitative estimate of drug-likeness (QED) is 0.852. The van der Waals surface area contributed by atoms with Gasteiger partial charge in [0.05, 0.1) is 11.3 Å². The summed E-state index contributed by atoms with van der Waals surface area (Å²) in [5.74, 6) is -0.502. The molecule has 1 aromatic carbocycles. The van der Waals surface area contributed by atoms with Crippen molar-refractivity contribution in [3.63, 3.8) is 0 Å². The van der Waals surface area contributed by atoms with Crippen molar-refractivity contribution in [2.45, 2.75) is 33.6 Å². The summed E-state index contributed by atoms with van der Waals surface area (Å²) in [6.07, 6.45) is 1.15. The van der Waals surface area contributed by atoms with Crippen LogP contribution < -0.4 is 10.9 Å². The lowest BCUT2D eigenvalue weighted by atomic mass is 10.1. The number of carbonyl (C=O) groups excluding carboxylic acids is 2. The summed E-state index contributed by atoms with van der Waals surface area (Å²) in [4.78, 5) is 25.7. The average Bonchev–Trinajstić information content (AvgIpc) is 2.88. The third-order valence-corrected chi connectivity index (χ3v) is 4.87. The van der Waals surface area contributed by atoms with Crippen LogP contribution in [0.25, 0.3) is 0 Å². The molecule has 0 bridgehead atoms. The first-order valence-electron chi connectivity index (χ1n) is 7.24. The van der Waals surface area contributed by atoms with Crippen LogP contribution in [0, 0.1) is 13.8 Å². The molecule has 0 aliphatic carbocycles. The monoisotopic (exact) mass is 316 g/mol. The second kappa shape index (κ2) is 7.22. The van der Waals surface area contributed by atoms with Gasteiger partial charge in [0.25, 0.3) is 5.91 Å². The van der Waals surface area contributed by atoms with Crippen molar-refractivity contribution >= 4 is 23.2 Å². The highest BCUT2D eigenvalue weighted by Gasteiger charge is 2.12. The van der Waals surface area contributed by atoms with Gasteiger partial charge in [-0.15, -0.1) is 11.3 Å². The van der Waals surface area contributed by atoms with Gasteiger partial charge in [0.1, 0.15) is 0 Å². The molecule has 0 aliphatic rings. The minimum atomic E-state index is -0.272. The second-order valence-electron chi connectivity index (χ2n) is 5.18. The summed E-state index contributed by atoms with van der Waals surface area (Å²) in [5.41, 5.74) is 8.08. The fraction of sp³-hybridized carbons (Fsp3) is 0.294. The number of thiophene rings is 1. The highest BCUT2D eigenvalue weighted by Crippen LogP contribution is 2.21. The first-order chi connectivity index (χ1) is 10.5. The number of amides is 2. The number of rotatable bonds is 4. The average molecular weight is 316 g/mol. The lowest BCUT2D eigenvalue weighted by molar-refractivity contribution is -0.121. The normalized spacial score (nSPS) is 10.3. The van der Waals surface area contributed by atoms with Gasteiger partial charge in [-0.2, -0.15) is 0 Å². The van der Waals surface area contributed by atoms with E-state index >= 15 is 0 Å². The van der Waals surface area contributed by atoms with Crippen molar-refractivity contribution in [1.29, 1.82) is 0 Å². The molecule has 22 heavy (non-hydrogen) atoms. The molecule has 1 aromatic heterocycles. The number of hydrogen-bond acceptors (Lipinski definition) is 3. The topological polar surface area (TPSA) is 58.2 Å². The van der Waals surface area contributed by atoms with Gasteiger partial charge in [-0.05, 0) is 43.0 Å². The molecule has 0 radical (unpaired) electrons. The highest BCUT2D eigenvalue weighted by molar-refractivity contribution is 7.14. The third-order valence-electron chi connectivity index (χ3n) is 3.49. The van der Waals surface area contributed by atoms with E-state index in [1.807, 2.05) is 44.2 Å². The number of hydrogen-bond donors (Lipinski definition) is 2. The first-order valence-corrected chi connectivity index (χ1v) is 8.06. The first kappa shape index (κ1) is 16.2. The summed E-state index contributed by atoms with van der Waals surface area (Å²) in [7, 11) is 0. The number of hydrazine groups is 1. The predicted octanol–water partition coefficient (Wildman–Crippen LogP) is 2.93. The maximum atomic E-state index is 12.0. The van der Waals surface area contributed by atoms with Crippen LogP contribution >= 0.6 is 11.3 Å². The standard InChI is InChI=1S/C17H20N2O2S/c1-4-14-12(3)9-15(22-14)17(21)19-18-16(20)10-13-8-6-5-7-11(13)2/h5-9H,4,10H2,1-3H3,(H,18,20)(H,19,21). The molecule has 0 unspecified atom stereocenters. The predicted molar refractivity (Wildman–Crippen MR) is 88.9 cm³/mol. The molecule has 2 N–H and O–H groups in total. The summed E-state index contributed by atoms with van der Waals surface area (Å²) in [6.45, 7) is 6.01. The smallest absolute Gasteiger partial charge is 0.273 e. The number of benzene rings is 1. The molecule has 0 saturated carbocycles. The van der Waals surface area contributed by atoms with Crippen molar-refractivity contribution in [1.82, 2.24) is 10.9 Å². The molecule has 1 heterocycles. The Balaban J connectivity index is 1.90. The van der Waals surface area contributed by atoms with Gasteiger partial charge >= 0.3 is 0 Å². The van der Waals surface area contributed by atoms with Gasteiger partial charge in [-0.1, -0.05) is 31.2 Å². The summed E-state index contributed by atoms with van der Waals surface area (Å²) in [6, 6.07) is 9.55. The molecule has 4 nitrogen and oxygen atoms in total. The van der Waals surface area contributed by atoms with E-state index in [2.05, 4.69) is 17.8 Å². The molecule has 2 aromatic rings. The van der Waals surface area contributed by atoms with Crippen molar-refractivity contribution in [2.24, 2.45) is 0 Å². The molecule has 0 atom stereocenters. The van der Waals surface area contributed by atoms with Crippen molar-refractivity contribution in [2.75, 3.05) is 0 Å². The number of nitrogens with one attached hydrogen (secondary N) is 2. The van der Waals surface area contributed by atoms with Crippen LogP contribution in [0.5, 0.6) is 0 Å². The molecule has 2 amide bonds. The Bertz CT molecular complexity index is 692. The van der Waals surface area contributed by atoms with Crippen molar-refractivity contribution in [3.8, 4) is 0 Å². The van der Waals surface area contributed by atoms with Crippen LogP contribution in [0.4, 0.5) is 0 Å². The van der Waals surface area contributed by atoms with Crippen LogP contribution in [0.3, 0.4) is 0 Å². The van der Waals surface area contributed by atoms with E-state index in [-0.39, 0.29) is 18.2 Å². The largest absolute Gasteiger partial charge is 0.279 e. The summed E-state index contributed by atoms with van der Waals surface area (Å²) < 4.78 is 0. The molecule has 0 fully saturated rings. The Kier molecular flexibility index (Phi) is 5.33. The maximum absolute atomic E-state index is 12.0. The Morgan fingerprint density at radius 3 is 2.45 bits per heavy atom. The van der Waals surface area contributed by atoms with E-state index < -0.39 is 0 Å². The number of carbonyl (C=O) groups is 2. The third kappa shape index (κ3) is 3.95. The zero-order valence-corrected chi connectivity index (χ0v) is 13.8. The minimum Gasteiger partial charge on any atom is -0.273 e. The van der Waals surface area contributed by atoms with E-state index in [4.69, 9.17) is 0 Å². The van der Waals surface area contributed by atoms with E-state index in [0.29, 0.717) is 4.88 Å². The molecular weight excluding hydrogens is 296 g/mol. The lowest BCUT2D eigenvalue weighted by Crippen LogP contribution is -2.42. The molecule has 116 valence electrons. The lowest BCUT2D eigenvalue weighted by Gasteiger charge is -2.08. The zero-order valence-electron chi connectivity index (χ0n) is 13.0. The number of aryl methyl sites for hydroxylation is 3. The minimum absolute atomic E-state index is 0.230. The van der Waals surface area contributed by atoms with Gasteiger partial charge in [-0.3, -0.25) is 20.4 Å². The van der Waals surface area contributed by atoms with Crippen molar-refractivity contribution < 1.29 is 9.59 Å². The van der Waals surface area contributed by atoms with Crippen LogP contribution in [-0.4, -0.2) is 11.8 Å². The fourth-order valence-corrected chi connectivity index (χ4v) is 3.21. The highest BCUT2D eigenvalue weighted by atomic mass is 32.1. The maximum Gasteiger partial charge on any atom is 0.279 e. The second-order valence-corrected chi connectivity index (χ2v) is 6.31.